The quantitative estimate of drug-likeness (QED) is 0.594. The summed E-state index contributed by atoms with van der Waals surface area (Å²) in [6.07, 6.45) is 3.58. The van der Waals surface area contributed by atoms with Gasteiger partial charge in [0.25, 0.3) is 0 Å². The van der Waals surface area contributed by atoms with E-state index in [1.54, 1.807) is 11.1 Å². The lowest BCUT2D eigenvalue weighted by atomic mass is 10.8. The molecule has 0 unspecified atom stereocenters. The SMILES string of the molecule is CN(C)c1nc(NN)nc(Sc2nccn2C)n1. The van der Waals surface area contributed by atoms with Gasteiger partial charge in [-0.1, -0.05) is 0 Å². The van der Waals surface area contributed by atoms with Gasteiger partial charge in [-0.2, -0.15) is 15.0 Å². The number of anilines is 2. The van der Waals surface area contributed by atoms with E-state index in [0.29, 0.717) is 17.1 Å². The molecule has 0 radical (unpaired) electrons. The van der Waals surface area contributed by atoms with Crippen LogP contribution in [0, 0.1) is 0 Å². The molecule has 0 fully saturated rings. The standard InChI is InChI=1S/C9H14N8S/c1-16(2)7-12-6(15-10)13-8(14-7)18-9-11-4-5-17(9)3/h4-5H,10H2,1-3H3,(H,12,13,14,15). The number of hydrazine groups is 1. The summed E-state index contributed by atoms with van der Waals surface area (Å²) in [6, 6.07) is 0. The van der Waals surface area contributed by atoms with Crippen molar-refractivity contribution in [3.8, 4) is 0 Å². The lowest BCUT2D eigenvalue weighted by molar-refractivity contribution is 0.782. The Kier molecular flexibility index (Phi) is 3.63. The zero-order chi connectivity index (χ0) is 13.1. The Bertz CT molecular complexity index is 537. The molecule has 0 aliphatic carbocycles. The third-order valence-corrected chi connectivity index (χ3v) is 3.03. The van der Waals surface area contributed by atoms with Gasteiger partial charge >= 0.3 is 0 Å². The van der Waals surface area contributed by atoms with E-state index in [1.807, 2.05) is 31.9 Å². The van der Waals surface area contributed by atoms with Gasteiger partial charge in [0, 0.05) is 33.5 Å². The molecule has 0 spiro atoms. The predicted octanol–water partition coefficient (Wildman–Crippen LogP) is 0.108. The molecule has 0 bridgehead atoms. The van der Waals surface area contributed by atoms with Crippen molar-refractivity contribution in [1.82, 2.24) is 24.5 Å². The normalized spacial score (nSPS) is 10.4. The minimum absolute atomic E-state index is 0.324. The number of nitrogen functional groups attached to an aromatic ring is 1. The van der Waals surface area contributed by atoms with Crippen LogP contribution >= 0.6 is 11.8 Å². The van der Waals surface area contributed by atoms with Crippen molar-refractivity contribution < 1.29 is 0 Å². The molecule has 2 rings (SSSR count). The first-order valence-corrected chi connectivity index (χ1v) is 5.97. The predicted molar refractivity (Wildman–Crippen MR) is 69.3 cm³/mol. The van der Waals surface area contributed by atoms with Gasteiger partial charge in [0.15, 0.2) is 5.16 Å². The molecule has 18 heavy (non-hydrogen) atoms. The molecule has 96 valence electrons. The van der Waals surface area contributed by atoms with Crippen molar-refractivity contribution in [3.63, 3.8) is 0 Å². The summed E-state index contributed by atoms with van der Waals surface area (Å²) in [5, 5.41) is 1.34. The summed E-state index contributed by atoms with van der Waals surface area (Å²) < 4.78 is 1.89. The molecule has 0 saturated heterocycles. The molecule has 0 aliphatic heterocycles. The second kappa shape index (κ2) is 5.19. The van der Waals surface area contributed by atoms with Crippen LogP contribution in [0.4, 0.5) is 11.9 Å². The number of imidazole rings is 1. The van der Waals surface area contributed by atoms with E-state index in [2.05, 4.69) is 25.4 Å². The Balaban J connectivity index is 2.32. The number of aromatic nitrogens is 5. The molecule has 8 nitrogen and oxygen atoms in total. The fourth-order valence-corrected chi connectivity index (χ4v) is 1.93. The average molecular weight is 266 g/mol. The Hall–Kier alpha value is -1.87. The smallest absolute Gasteiger partial charge is 0.242 e. The molecule has 0 aromatic carbocycles. The number of rotatable bonds is 4. The van der Waals surface area contributed by atoms with Crippen LogP contribution in [0.5, 0.6) is 0 Å². The van der Waals surface area contributed by atoms with Crippen molar-refractivity contribution in [3.05, 3.63) is 12.4 Å². The van der Waals surface area contributed by atoms with Crippen LogP contribution in [0.25, 0.3) is 0 Å². The van der Waals surface area contributed by atoms with Crippen molar-refractivity contribution in [1.29, 1.82) is 0 Å². The van der Waals surface area contributed by atoms with Gasteiger partial charge in [-0.05, 0) is 11.8 Å². The van der Waals surface area contributed by atoms with Crippen LogP contribution in [-0.2, 0) is 7.05 Å². The van der Waals surface area contributed by atoms with Crippen molar-refractivity contribution >= 4 is 23.7 Å². The largest absolute Gasteiger partial charge is 0.347 e. The second-order valence-corrected chi connectivity index (χ2v) is 4.64. The van der Waals surface area contributed by atoms with Crippen LogP contribution in [0.15, 0.2) is 22.7 Å². The first-order valence-electron chi connectivity index (χ1n) is 5.15. The van der Waals surface area contributed by atoms with Gasteiger partial charge in [-0.15, -0.1) is 0 Å². The average Bonchev–Trinajstić information content (AvgIpc) is 2.74. The second-order valence-electron chi connectivity index (χ2n) is 3.70. The first kappa shape index (κ1) is 12.6. The minimum Gasteiger partial charge on any atom is -0.347 e. The Labute approximate surface area is 109 Å². The van der Waals surface area contributed by atoms with Crippen LogP contribution in [0.1, 0.15) is 0 Å². The molecule has 3 N–H and O–H groups in total. The van der Waals surface area contributed by atoms with E-state index < -0.39 is 0 Å². The lowest BCUT2D eigenvalue weighted by Crippen LogP contribution is -2.17. The zero-order valence-electron chi connectivity index (χ0n) is 10.3. The van der Waals surface area contributed by atoms with Crippen molar-refractivity contribution in [2.45, 2.75) is 10.3 Å². The molecule has 2 heterocycles. The fourth-order valence-electron chi connectivity index (χ4n) is 1.19. The van der Waals surface area contributed by atoms with Crippen molar-refractivity contribution in [2.24, 2.45) is 12.9 Å². The zero-order valence-corrected chi connectivity index (χ0v) is 11.1. The van der Waals surface area contributed by atoms with Crippen LogP contribution in [-0.4, -0.2) is 38.6 Å². The van der Waals surface area contributed by atoms with E-state index >= 15 is 0 Å². The van der Waals surface area contributed by atoms with Gasteiger partial charge in [0.1, 0.15) is 0 Å². The highest BCUT2D eigenvalue weighted by Gasteiger charge is 2.10. The Morgan fingerprint density at radius 2 is 2.11 bits per heavy atom. The first-order chi connectivity index (χ1) is 8.60. The maximum atomic E-state index is 5.34. The number of nitrogens with one attached hydrogen (secondary N) is 1. The summed E-state index contributed by atoms with van der Waals surface area (Å²) in [6.45, 7) is 0. The number of hydrogen-bond donors (Lipinski definition) is 2. The molecule has 2 aromatic rings. The van der Waals surface area contributed by atoms with Crippen LogP contribution in [0.3, 0.4) is 0 Å². The van der Waals surface area contributed by atoms with Gasteiger partial charge in [-0.25, -0.2) is 10.8 Å². The van der Waals surface area contributed by atoms with E-state index in [1.165, 1.54) is 11.8 Å². The van der Waals surface area contributed by atoms with Gasteiger partial charge < -0.3 is 9.47 Å². The third-order valence-electron chi connectivity index (χ3n) is 2.09. The van der Waals surface area contributed by atoms with E-state index in [-0.39, 0.29) is 0 Å². The van der Waals surface area contributed by atoms with Gasteiger partial charge in [-0.3, -0.25) is 5.43 Å². The highest BCUT2D eigenvalue weighted by molar-refractivity contribution is 7.99. The summed E-state index contributed by atoms with van der Waals surface area (Å²) in [5.74, 6) is 6.20. The van der Waals surface area contributed by atoms with Crippen LogP contribution in [0.2, 0.25) is 0 Å². The Morgan fingerprint density at radius 3 is 2.67 bits per heavy atom. The molecule has 0 amide bonds. The molecule has 0 atom stereocenters. The molecule has 9 heteroatoms. The van der Waals surface area contributed by atoms with E-state index in [4.69, 9.17) is 5.84 Å². The summed E-state index contributed by atoms with van der Waals surface area (Å²) >= 11 is 1.35. The van der Waals surface area contributed by atoms with E-state index in [0.717, 1.165) is 5.16 Å². The maximum absolute atomic E-state index is 5.34. The topological polar surface area (TPSA) is 97.8 Å². The number of aryl methyl sites for hydroxylation is 1. The third kappa shape index (κ3) is 2.68. The molecule has 0 aliphatic rings. The number of hydrogen-bond acceptors (Lipinski definition) is 8. The minimum atomic E-state index is 0.324. The number of nitrogens with zero attached hydrogens (tertiary/aromatic N) is 6. The molecule has 2 aromatic heterocycles. The summed E-state index contributed by atoms with van der Waals surface area (Å²) in [4.78, 5) is 18.6. The summed E-state index contributed by atoms with van der Waals surface area (Å²) in [5.41, 5.74) is 2.43. The van der Waals surface area contributed by atoms with Gasteiger partial charge in [0.05, 0.1) is 0 Å². The monoisotopic (exact) mass is 266 g/mol. The van der Waals surface area contributed by atoms with Crippen LogP contribution < -0.4 is 16.2 Å². The number of nitrogens with two attached hydrogens (primary N) is 1. The Morgan fingerprint density at radius 1 is 1.33 bits per heavy atom. The fraction of sp³-hybridized carbons (Fsp3) is 0.333. The lowest BCUT2D eigenvalue weighted by Gasteiger charge is -2.11. The molecule has 0 saturated carbocycles. The molecular weight excluding hydrogens is 252 g/mol. The van der Waals surface area contributed by atoms with Gasteiger partial charge in [0.2, 0.25) is 17.1 Å². The molecular formula is C9H14N8S. The summed E-state index contributed by atoms with van der Waals surface area (Å²) in [7, 11) is 5.61. The van der Waals surface area contributed by atoms with Crippen molar-refractivity contribution in [2.75, 3.05) is 24.4 Å². The van der Waals surface area contributed by atoms with E-state index in [9.17, 15) is 0 Å². The highest BCUT2D eigenvalue weighted by Crippen LogP contribution is 2.24. The highest BCUT2D eigenvalue weighted by atomic mass is 32.2. The maximum Gasteiger partial charge on any atom is 0.242 e.